The predicted molar refractivity (Wildman–Crippen MR) is 70.2 cm³/mol. The summed E-state index contributed by atoms with van der Waals surface area (Å²) in [6.07, 6.45) is 3.83. The lowest BCUT2D eigenvalue weighted by Crippen LogP contribution is -2.22. The molecule has 1 atom stereocenters. The van der Waals surface area contributed by atoms with Gasteiger partial charge in [0.2, 0.25) is 0 Å². The Morgan fingerprint density at radius 2 is 2.06 bits per heavy atom. The van der Waals surface area contributed by atoms with Crippen LogP contribution in [0.3, 0.4) is 0 Å². The highest BCUT2D eigenvalue weighted by molar-refractivity contribution is 6.42. The Labute approximate surface area is 107 Å². The van der Waals surface area contributed by atoms with Crippen LogP contribution >= 0.6 is 23.2 Å². The van der Waals surface area contributed by atoms with Crippen molar-refractivity contribution in [1.82, 2.24) is 5.32 Å². The van der Waals surface area contributed by atoms with Crippen LogP contribution in [0, 0.1) is 5.92 Å². The minimum Gasteiger partial charge on any atom is -0.310 e. The van der Waals surface area contributed by atoms with E-state index in [0.717, 1.165) is 18.9 Å². The Morgan fingerprint density at radius 1 is 1.31 bits per heavy atom. The second-order valence-corrected chi connectivity index (χ2v) is 5.30. The van der Waals surface area contributed by atoms with E-state index in [-0.39, 0.29) is 0 Å². The number of hydrogen-bond acceptors (Lipinski definition) is 1. The van der Waals surface area contributed by atoms with E-state index >= 15 is 0 Å². The number of benzene rings is 1. The van der Waals surface area contributed by atoms with E-state index in [1.165, 1.54) is 18.4 Å². The third kappa shape index (κ3) is 3.13. The predicted octanol–water partition coefficient (Wildman–Crippen LogP) is 4.44. The molecule has 3 heteroatoms. The molecule has 1 saturated carbocycles. The topological polar surface area (TPSA) is 12.0 Å². The molecule has 1 fully saturated rings. The maximum atomic E-state index is 6.03. The van der Waals surface area contributed by atoms with Gasteiger partial charge in [-0.1, -0.05) is 36.2 Å². The van der Waals surface area contributed by atoms with Crippen LogP contribution in [-0.4, -0.2) is 6.54 Å². The zero-order valence-electron chi connectivity index (χ0n) is 9.47. The summed E-state index contributed by atoms with van der Waals surface area (Å²) in [6.45, 7) is 3.31. The first kappa shape index (κ1) is 12.2. The van der Waals surface area contributed by atoms with Crippen LogP contribution in [0.15, 0.2) is 18.2 Å². The molecule has 0 spiro atoms. The fraction of sp³-hybridized carbons (Fsp3) is 0.538. The van der Waals surface area contributed by atoms with Gasteiger partial charge >= 0.3 is 0 Å². The van der Waals surface area contributed by atoms with Crippen molar-refractivity contribution >= 4 is 23.2 Å². The number of halogens is 2. The molecule has 0 heterocycles. The van der Waals surface area contributed by atoms with Gasteiger partial charge in [-0.15, -0.1) is 0 Å². The van der Waals surface area contributed by atoms with Gasteiger partial charge in [-0.2, -0.15) is 0 Å². The van der Waals surface area contributed by atoms with Gasteiger partial charge in [-0.25, -0.2) is 0 Å². The lowest BCUT2D eigenvalue weighted by atomic mass is 10.0. The maximum Gasteiger partial charge on any atom is 0.0595 e. The zero-order valence-corrected chi connectivity index (χ0v) is 11.0. The van der Waals surface area contributed by atoms with Crippen LogP contribution in [0.2, 0.25) is 10.0 Å². The van der Waals surface area contributed by atoms with Gasteiger partial charge in [0.15, 0.2) is 0 Å². The van der Waals surface area contributed by atoms with Gasteiger partial charge in [-0.05, 0) is 49.4 Å². The van der Waals surface area contributed by atoms with Gasteiger partial charge in [0.25, 0.3) is 0 Å². The molecule has 1 aromatic carbocycles. The lowest BCUT2D eigenvalue weighted by molar-refractivity contribution is 0.502. The average Bonchev–Trinajstić information content (AvgIpc) is 3.08. The van der Waals surface area contributed by atoms with Gasteiger partial charge < -0.3 is 5.32 Å². The van der Waals surface area contributed by atoms with Crippen molar-refractivity contribution in [3.63, 3.8) is 0 Å². The van der Waals surface area contributed by atoms with Gasteiger partial charge in [-0.3, -0.25) is 0 Å². The highest BCUT2D eigenvalue weighted by Crippen LogP contribution is 2.30. The van der Waals surface area contributed by atoms with Gasteiger partial charge in [0.1, 0.15) is 0 Å². The molecule has 1 unspecified atom stereocenters. The first-order valence-electron chi connectivity index (χ1n) is 5.89. The Kier molecular flexibility index (Phi) is 4.12. The summed E-state index contributed by atoms with van der Waals surface area (Å²) in [6, 6.07) is 6.30. The van der Waals surface area contributed by atoms with Crippen molar-refractivity contribution < 1.29 is 0 Å². The minimum atomic E-state index is 0.398. The average molecular weight is 258 g/mol. The molecule has 0 bridgehead atoms. The van der Waals surface area contributed by atoms with E-state index in [1.807, 2.05) is 12.1 Å². The zero-order chi connectivity index (χ0) is 11.5. The standard InChI is InChI=1S/C13H17Cl2N/c1-2-13(16-8-9-3-4-9)10-5-6-11(14)12(15)7-10/h5-7,9,13,16H,2-4,8H2,1H3. The van der Waals surface area contributed by atoms with Gasteiger partial charge in [0.05, 0.1) is 10.0 Å². The molecule has 1 N–H and O–H groups in total. The quantitative estimate of drug-likeness (QED) is 0.823. The van der Waals surface area contributed by atoms with E-state index in [2.05, 4.69) is 18.3 Å². The number of rotatable bonds is 5. The molecular weight excluding hydrogens is 241 g/mol. The van der Waals surface area contributed by atoms with E-state index in [9.17, 15) is 0 Å². The van der Waals surface area contributed by atoms with Crippen molar-refractivity contribution in [2.45, 2.75) is 32.2 Å². The normalized spacial score (nSPS) is 17.4. The number of hydrogen-bond donors (Lipinski definition) is 1. The Bertz CT molecular complexity index is 361. The summed E-state index contributed by atoms with van der Waals surface area (Å²) in [7, 11) is 0. The molecule has 0 aliphatic heterocycles. The molecule has 1 nitrogen and oxygen atoms in total. The van der Waals surface area contributed by atoms with Crippen LogP contribution in [0.1, 0.15) is 37.8 Å². The summed E-state index contributed by atoms with van der Waals surface area (Å²) < 4.78 is 0. The Morgan fingerprint density at radius 3 is 2.62 bits per heavy atom. The lowest BCUT2D eigenvalue weighted by Gasteiger charge is -2.17. The van der Waals surface area contributed by atoms with Crippen molar-refractivity contribution in [3.8, 4) is 0 Å². The molecule has 16 heavy (non-hydrogen) atoms. The van der Waals surface area contributed by atoms with Gasteiger partial charge in [0, 0.05) is 6.04 Å². The molecule has 2 rings (SSSR count). The molecular formula is C13H17Cl2N. The highest BCUT2D eigenvalue weighted by atomic mass is 35.5. The van der Waals surface area contributed by atoms with Crippen molar-refractivity contribution in [3.05, 3.63) is 33.8 Å². The summed E-state index contributed by atoms with van der Waals surface area (Å²) >= 11 is 11.9. The van der Waals surface area contributed by atoms with Crippen molar-refractivity contribution in [1.29, 1.82) is 0 Å². The molecule has 0 radical (unpaired) electrons. The Hall–Kier alpha value is -0.240. The smallest absolute Gasteiger partial charge is 0.0595 e. The third-order valence-electron chi connectivity index (χ3n) is 3.10. The van der Waals surface area contributed by atoms with Crippen LogP contribution in [-0.2, 0) is 0 Å². The van der Waals surface area contributed by atoms with Crippen molar-refractivity contribution in [2.24, 2.45) is 5.92 Å². The fourth-order valence-electron chi connectivity index (χ4n) is 1.86. The third-order valence-corrected chi connectivity index (χ3v) is 3.84. The van der Waals surface area contributed by atoms with E-state index in [4.69, 9.17) is 23.2 Å². The molecule has 0 amide bonds. The summed E-state index contributed by atoms with van der Waals surface area (Å²) in [5.74, 6) is 0.900. The van der Waals surface area contributed by atoms with E-state index in [1.54, 1.807) is 0 Å². The first-order valence-corrected chi connectivity index (χ1v) is 6.64. The summed E-state index contributed by atoms with van der Waals surface area (Å²) in [5.41, 5.74) is 1.23. The first-order chi connectivity index (χ1) is 7.70. The SMILES string of the molecule is CCC(NCC1CC1)c1ccc(Cl)c(Cl)c1. The Balaban J connectivity index is 2.02. The van der Waals surface area contributed by atoms with E-state index in [0.29, 0.717) is 16.1 Å². The maximum absolute atomic E-state index is 6.03. The van der Waals surface area contributed by atoms with Crippen molar-refractivity contribution in [2.75, 3.05) is 6.54 Å². The minimum absolute atomic E-state index is 0.398. The second-order valence-electron chi connectivity index (χ2n) is 4.49. The van der Waals surface area contributed by atoms with Crippen LogP contribution in [0.4, 0.5) is 0 Å². The summed E-state index contributed by atoms with van der Waals surface area (Å²) in [5, 5.41) is 4.86. The highest BCUT2D eigenvalue weighted by Gasteiger charge is 2.22. The van der Waals surface area contributed by atoms with Crippen LogP contribution in [0.25, 0.3) is 0 Å². The van der Waals surface area contributed by atoms with E-state index < -0.39 is 0 Å². The molecule has 88 valence electrons. The largest absolute Gasteiger partial charge is 0.310 e. The molecule has 0 aromatic heterocycles. The molecule has 1 aliphatic carbocycles. The summed E-state index contributed by atoms with van der Waals surface area (Å²) in [4.78, 5) is 0. The second kappa shape index (κ2) is 5.39. The molecule has 0 saturated heterocycles. The molecule has 1 aliphatic rings. The van der Waals surface area contributed by atoms with Crippen LogP contribution in [0.5, 0.6) is 0 Å². The van der Waals surface area contributed by atoms with Crippen LogP contribution < -0.4 is 5.32 Å². The number of nitrogens with one attached hydrogen (secondary N) is 1. The monoisotopic (exact) mass is 257 g/mol. The fourth-order valence-corrected chi connectivity index (χ4v) is 2.16. The molecule has 1 aromatic rings.